The van der Waals surface area contributed by atoms with Gasteiger partial charge in [0.2, 0.25) is 5.91 Å². The molecule has 0 aliphatic heterocycles. The zero-order valence-electron chi connectivity index (χ0n) is 16.4. The second-order valence-corrected chi connectivity index (χ2v) is 6.54. The van der Waals surface area contributed by atoms with E-state index in [0.29, 0.717) is 22.8 Å². The summed E-state index contributed by atoms with van der Waals surface area (Å²) in [6.45, 7) is 2.02. The molecule has 0 saturated carbocycles. The minimum absolute atomic E-state index is 0.0174. The summed E-state index contributed by atoms with van der Waals surface area (Å²) < 4.78 is 6.90. The number of esters is 1. The molecular formula is C23H20N4O3. The van der Waals surface area contributed by atoms with Crippen LogP contribution < -0.4 is 5.32 Å². The van der Waals surface area contributed by atoms with Crippen LogP contribution in [0.15, 0.2) is 72.9 Å². The van der Waals surface area contributed by atoms with Crippen molar-refractivity contribution in [2.24, 2.45) is 0 Å². The number of imidazole rings is 1. The van der Waals surface area contributed by atoms with Crippen LogP contribution in [0.3, 0.4) is 0 Å². The Morgan fingerprint density at radius 3 is 2.57 bits per heavy atom. The molecule has 2 heterocycles. The Hall–Kier alpha value is -4.00. The first-order valence-electron chi connectivity index (χ1n) is 9.60. The Balaban J connectivity index is 1.66. The van der Waals surface area contributed by atoms with E-state index >= 15 is 0 Å². The smallest absolute Gasteiger partial charge is 0.340 e. The highest BCUT2D eigenvalue weighted by molar-refractivity contribution is 6.01. The molecule has 30 heavy (non-hydrogen) atoms. The molecule has 2 aromatic carbocycles. The molecule has 2 aromatic heterocycles. The molecule has 7 heteroatoms. The van der Waals surface area contributed by atoms with E-state index in [2.05, 4.69) is 15.3 Å². The maximum Gasteiger partial charge on any atom is 0.340 e. The fourth-order valence-corrected chi connectivity index (χ4v) is 3.24. The van der Waals surface area contributed by atoms with Gasteiger partial charge < -0.3 is 14.6 Å². The van der Waals surface area contributed by atoms with Crippen molar-refractivity contribution in [1.29, 1.82) is 0 Å². The third-order valence-corrected chi connectivity index (χ3v) is 4.55. The number of hydrogen-bond acceptors (Lipinski definition) is 5. The predicted molar refractivity (Wildman–Crippen MR) is 114 cm³/mol. The molecule has 1 N–H and O–H groups in total. The molecular weight excluding hydrogens is 380 g/mol. The van der Waals surface area contributed by atoms with Gasteiger partial charge in [-0.3, -0.25) is 9.78 Å². The van der Waals surface area contributed by atoms with Crippen molar-refractivity contribution in [2.75, 3.05) is 11.9 Å². The van der Waals surface area contributed by atoms with E-state index in [1.54, 1.807) is 37.4 Å². The number of hydrogen-bond donors (Lipinski definition) is 1. The Morgan fingerprint density at radius 1 is 1.00 bits per heavy atom. The summed E-state index contributed by atoms with van der Waals surface area (Å²) in [7, 11) is 0. The van der Waals surface area contributed by atoms with Crippen LogP contribution in [0.5, 0.6) is 0 Å². The number of benzene rings is 2. The summed E-state index contributed by atoms with van der Waals surface area (Å²) in [4.78, 5) is 34.1. The molecule has 4 rings (SSSR count). The summed E-state index contributed by atoms with van der Waals surface area (Å²) in [5, 5.41) is 2.82. The van der Waals surface area contributed by atoms with Crippen LogP contribution >= 0.6 is 0 Å². The number of fused-ring (bicyclic) bond motifs is 1. The van der Waals surface area contributed by atoms with E-state index < -0.39 is 5.97 Å². The highest BCUT2D eigenvalue weighted by Gasteiger charge is 2.18. The molecule has 0 bridgehead atoms. The van der Waals surface area contributed by atoms with Crippen LogP contribution in [-0.2, 0) is 16.1 Å². The van der Waals surface area contributed by atoms with E-state index in [-0.39, 0.29) is 19.1 Å². The number of rotatable bonds is 6. The molecule has 4 aromatic rings. The quantitative estimate of drug-likeness (QED) is 0.496. The predicted octanol–water partition coefficient (Wildman–Crippen LogP) is 3.91. The average Bonchev–Trinajstić information content (AvgIpc) is 3.13. The number of ether oxygens (including phenoxy) is 1. The van der Waals surface area contributed by atoms with Crippen molar-refractivity contribution in [2.45, 2.75) is 13.5 Å². The minimum Gasteiger partial charge on any atom is -0.462 e. The molecule has 0 saturated heterocycles. The molecule has 150 valence electrons. The van der Waals surface area contributed by atoms with Gasteiger partial charge in [-0.25, -0.2) is 9.78 Å². The number of carbonyl (C=O) groups excluding carboxylic acids is 2. The lowest BCUT2D eigenvalue weighted by Crippen LogP contribution is -2.21. The molecule has 0 atom stereocenters. The summed E-state index contributed by atoms with van der Waals surface area (Å²) in [6.07, 6.45) is 1.69. The first-order chi connectivity index (χ1) is 14.7. The third-order valence-electron chi connectivity index (χ3n) is 4.55. The van der Waals surface area contributed by atoms with E-state index in [0.717, 1.165) is 11.0 Å². The standard InChI is InChI=1S/C23H20N4O3/c1-2-30-23(29)16-9-3-4-10-17(16)25-21(28)15-27-20-13-6-5-11-18(20)26-22(27)19-12-7-8-14-24-19/h3-14H,2,15H2,1H3,(H,25,28). The topological polar surface area (TPSA) is 86.1 Å². The van der Waals surface area contributed by atoms with Crippen molar-refractivity contribution < 1.29 is 14.3 Å². The van der Waals surface area contributed by atoms with Gasteiger partial charge in [-0.05, 0) is 43.3 Å². The zero-order valence-corrected chi connectivity index (χ0v) is 16.4. The van der Waals surface area contributed by atoms with Gasteiger partial charge in [-0.15, -0.1) is 0 Å². The molecule has 7 nitrogen and oxygen atoms in total. The van der Waals surface area contributed by atoms with Crippen molar-refractivity contribution >= 4 is 28.6 Å². The molecule has 0 aliphatic rings. The monoisotopic (exact) mass is 400 g/mol. The van der Waals surface area contributed by atoms with Crippen LogP contribution in [0.1, 0.15) is 17.3 Å². The van der Waals surface area contributed by atoms with Crippen LogP contribution in [0, 0.1) is 0 Å². The van der Waals surface area contributed by atoms with E-state index in [1.165, 1.54) is 0 Å². The maximum absolute atomic E-state index is 12.9. The van der Waals surface area contributed by atoms with Gasteiger partial charge in [0.15, 0.2) is 5.82 Å². The van der Waals surface area contributed by atoms with Gasteiger partial charge in [0, 0.05) is 6.20 Å². The number of aromatic nitrogens is 3. The number of nitrogens with zero attached hydrogens (tertiary/aromatic N) is 3. The van der Waals surface area contributed by atoms with E-state index in [4.69, 9.17) is 4.74 Å². The van der Waals surface area contributed by atoms with Crippen LogP contribution in [-0.4, -0.2) is 33.0 Å². The second kappa shape index (κ2) is 8.57. The summed E-state index contributed by atoms with van der Waals surface area (Å²) >= 11 is 0. The first-order valence-corrected chi connectivity index (χ1v) is 9.60. The molecule has 0 radical (unpaired) electrons. The summed E-state index contributed by atoms with van der Waals surface area (Å²) in [5.74, 6) is -0.159. The molecule has 0 fully saturated rings. The van der Waals surface area contributed by atoms with Gasteiger partial charge >= 0.3 is 5.97 Å². The van der Waals surface area contributed by atoms with Gasteiger partial charge in [0.25, 0.3) is 0 Å². The number of anilines is 1. The molecule has 1 amide bonds. The van der Waals surface area contributed by atoms with Gasteiger partial charge in [-0.2, -0.15) is 0 Å². The Morgan fingerprint density at radius 2 is 1.77 bits per heavy atom. The Bertz CT molecular complexity index is 1200. The van der Waals surface area contributed by atoms with Crippen molar-refractivity contribution in [3.05, 3.63) is 78.5 Å². The van der Waals surface area contributed by atoms with Gasteiger partial charge in [0.05, 0.1) is 28.9 Å². The van der Waals surface area contributed by atoms with Gasteiger partial charge in [0.1, 0.15) is 12.2 Å². The fraction of sp³-hybridized carbons (Fsp3) is 0.130. The SMILES string of the molecule is CCOC(=O)c1ccccc1NC(=O)Cn1c(-c2ccccn2)nc2ccccc21. The molecule has 0 spiro atoms. The minimum atomic E-state index is -0.476. The van der Waals surface area contributed by atoms with Crippen LogP contribution in [0.25, 0.3) is 22.6 Å². The number of carbonyl (C=O) groups is 2. The summed E-state index contributed by atoms with van der Waals surface area (Å²) in [5.41, 5.74) is 3.00. The normalized spacial score (nSPS) is 10.7. The van der Waals surface area contributed by atoms with Crippen LogP contribution in [0.2, 0.25) is 0 Å². The lowest BCUT2D eigenvalue weighted by atomic mass is 10.2. The van der Waals surface area contributed by atoms with E-state index in [9.17, 15) is 9.59 Å². The molecule has 0 aliphatic carbocycles. The number of nitrogens with one attached hydrogen (secondary N) is 1. The lowest BCUT2D eigenvalue weighted by molar-refractivity contribution is -0.116. The highest BCUT2D eigenvalue weighted by Crippen LogP contribution is 2.24. The fourth-order valence-electron chi connectivity index (χ4n) is 3.24. The van der Waals surface area contributed by atoms with Crippen molar-refractivity contribution in [1.82, 2.24) is 14.5 Å². The van der Waals surface area contributed by atoms with Gasteiger partial charge in [-0.1, -0.05) is 30.3 Å². The number of pyridine rings is 1. The maximum atomic E-state index is 12.9. The average molecular weight is 400 g/mol. The second-order valence-electron chi connectivity index (χ2n) is 6.54. The highest BCUT2D eigenvalue weighted by atomic mass is 16.5. The van der Waals surface area contributed by atoms with Crippen molar-refractivity contribution in [3.63, 3.8) is 0 Å². The Kier molecular flexibility index (Phi) is 5.52. The number of amides is 1. The van der Waals surface area contributed by atoms with Crippen molar-refractivity contribution in [3.8, 4) is 11.5 Å². The van der Waals surface area contributed by atoms with E-state index in [1.807, 2.05) is 47.0 Å². The summed E-state index contributed by atoms with van der Waals surface area (Å²) in [6, 6.07) is 19.9. The molecule has 0 unspecified atom stereocenters. The largest absolute Gasteiger partial charge is 0.462 e. The lowest BCUT2D eigenvalue weighted by Gasteiger charge is -2.12. The first kappa shape index (κ1) is 19.3. The Labute approximate surface area is 173 Å². The number of para-hydroxylation sites is 3. The van der Waals surface area contributed by atoms with Crippen LogP contribution in [0.4, 0.5) is 5.69 Å². The third kappa shape index (κ3) is 3.91. The zero-order chi connectivity index (χ0) is 20.9.